The molecule has 0 aliphatic rings. The second kappa shape index (κ2) is 20.1. The van der Waals surface area contributed by atoms with Crippen LogP contribution in [0.4, 0.5) is 4.79 Å². The molecule has 286 valence electrons. The molecule has 0 saturated heterocycles. The van der Waals surface area contributed by atoms with Crippen LogP contribution in [-0.4, -0.2) is 88.5 Å². The van der Waals surface area contributed by atoms with Crippen molar-refractivity contribution in [3.8, 4) is 18.1 Å². The summed E-state index contributed by atoms with van der Waals surface area (Å²) >= 11 is 0. The molecule has 0 unspecified atom stereocenters. The van der Waals surface area contributed by atoms with E-state index in [-0.39, 0.29) is 45.1 Å². The highest BCUT2D eigenvalue weighted by Gasteiger charge is 2.31. The number of nitrogens with zero attached hydrogens (tertiary/aromatic N) is 4. The lowest BCUT2D eigenvalue weighted by atomic mass is 10.0. The number of carbonyl (C=O) groups is 3. The molecule has 4 aromatic rings. The Morgan fingerprint density at radius 2 is 1.59 bits per heavy atom. The maximum absolute atomic E-state index is 14.8. The average Bonchev–Trinajstić information content (AvgIpc) is 3.13. The van der Waals surface area contributed by atoms with E-state index >= 15 is 0 Å². The zero-order valence-electron chi connectivity index (χ0n) is 31.9. The third kappa shape index (κ3) is 12.6. The molecule has 12 heteroatoms. The van der Waals surface area contributed by atoms with Crippen LogP contribution in [0, 0.1) is 12.3 Å². The third-order valence-electron chi connectivity index (χ3n) is 8.27. The first kappa shape index (κ1) is 41.3. The fourth-order valence-electron chi connectivity index (χ4n) is 5.96. The summed E-state index contributed by atoms with van der Waals surface area (Å²) in [6, 6.07) is 24.4. The summed E-state index contributed by atoms with van der Waals surface area (Å²) in [5.74, 6) is 2.30. The molecule has 3 N–H and O–H groups in total. The smallest absolute Gasteiger partial charge is 0.329 e. The van der Waals surface area contributed by atoms with Crippen molar-refractivity contribution in [2.45, 2.75) is 72.1 Å². The van der Waals surface area contributed by atoms with E-state index < -0.39 is 29.9 Å². The van der Waals surface area contributed by atoms with Gasteiger partial charge in [0.05, 0.1) is 31.7 Å². The second-order valence-corrected chi connectivity index (χ2v) is 13.6. The highest BCUT2D eigenvalue weighted by atomic mass is 16.7. The maximum Gasteiger partial charge on any atom is 0.329 e. The van der Waals surface area contributed by atoms with Gasteiger partial charge in [0.1, 0.15) is 17.4 Å². The first-order valence-corrected chi connectivity index (χ1v) is 18.1. The van der Waals surface area contributed by atoms with Crippen molar-refractivity contribution in [2.24, 2.45) is 5.73 Å². The minimum absolute atomic E-state index is 0.0807. The Labute approximate surface area is 318 Å². The summed E-state index contributed by atoms with van der Waals surface area (Å²) in [5.41, 5.74) is 8.64. The molecule has 0 aliphatic heterocycles. The number of urea groups is 1. The number of terminal acetylenes is 1. The molecular weight excluding hydrogens is 684 g/mol. The first-order chi connectivity index (χ1) is 25.9. The molecule has 0 fully saturated rings. The normalized spacial score (nSPS) is 12.0. The number of nitrogens with one attached hydrogen (secondary N) is 1. The molecule has 1 heterocycles. The number of rotatable bonds is 19. The van der Waals surface area contributed by atoms with Crippen molar-refractivity contribution in [3.63, 3.8) is 0 Å². The van der Waals surface area contributed by atoms with Crippen LogP contribution in [0.25, 0.3) is 10.9 Å². The van der Waals surface area contributed by atoms with E-state index in [2.05, 4.69) is 16.2 Å². The summed E-state index contributed by atoms with van der Waals surface area (Å²) in [6.07, 6.45) is 6.85. The monoisotopic (exact) mass is 736 g/mol. The predicted octanol–water partition coefficient (Wildman–Crippen LogP) is 5.30. The van der Waals surface area contributed by atoms with Gasteiger partial charge in [0.25, 0.3) is 0 Å². The summed E-state index contributed by atoms with van der Waals surface area (Å²) < 4.78 is 17.8. The summed E-state index contributed by atoms with van der Waals surface area (Å²) in [6.45, 7) is 10.3. The van der Waals surface area contributed by atoms with Crippen LogP contribution in [-0.2, 0) is 38.6 Å². The van der Waals surface area contributed by atoms with Crippen molar-refractivity contribution < 1.29 is 28.6 Å². The number of amides is 4. The van der Waals surface area contributed by atoms with Crippen LogP contribution in [0.3, 0.4) is 0 Å². The van der Waals surface area contributed by atoms with Gasteiger partial charge in [-0.1, -0.05) is 66.6 Å². The number of primary amides is 1. The molecule has 12 nitrogen and oxygen atoms in total. The molecule has 0 saturated carbocycles. The van der Waals surface area contributed by atoms with Gasteiger partial charge in [-0.05, 0) is 75.6 Å². The molecule has 4 rings (SSSR count). The van der Waals surface area contributed by atoms with E-state index in [9.17, 15) is 14.4 Å². The largest absolute Gasteiger partial charge is 0.488 e. The van der Waals surface area contributed by atoms with Crippen molar-refractivity contribution in [1.29, 1.82) is 0 Å². The zero-order valence-corrected chi connectivity index (χ0v) is 31.9. The Morgan fingerprint density at radius 3 is 2.22 bits per heavy atom. The number of pyridine rings is 1. The maximum atomic E-state index is 14.8. The quantitative estimate of drug-likeness (QED) is 0.0752. The van der Waals surface area contributed by atoms with Crippen LogP contribution in [0.1, 0.15) is 51.3 Å². The summed E-state index contributed by atoms with van der Waals surface area (Å²) in [5, 5.41) is 6.48. The van der Waals surface area contributed by atoms with Gasteiger partial charge in [-0.15, -0.1) is 6.42 Å². The molecule has 0 spiro atoms. The van der Waals surface area contributed by atoms with Crippen molar-refractivity contribution >= 4 is 28.7 Å². The minimum Gasteiger partial charge on any atom is -0.488 e. The van der Waals surface area contributed by atoms with Crippen molar-refractivity contribution in [2.75, 3.05) is 32.8 Å². The van der Waals surface area contributed by atoms with Gasteiger partial charge >= 0.3 is 6.03 Å². The van der Waals surface area contributed by atoms with E-state index in [0.29, 0.717) is 19.0 Å². The molecular formula is C42H52N6O6. The van der Waals surface area contributed by atoms with Crippen LogP contribution >= 0.6 is 0 Å². The number of carbonyl (C=O) groups excluding carboxylic acids is 3. The highest BCUT2D eigenvalue weighted by Crippen LogP contribution is 2.22. The Balaban J connectivity index is 1.69. The summed E-state index contributed by atoms with van der Waals surface area (Å²) in [7, 11) is 0. The number of aromatic nitrogens is 1. The molecule has 1 atom stereocenters. The number of hydrogen-bond donors (Lipinski definition) is 2. The standard InChI is InChI=1S/C42H52N6O6/c1-7-25-47(48(41(43)51)27-32-15-11-10-12-16-32)29-38(49)45-37(26-31-20-22-34(23-21-31)54-42(4,5)6)40(50)46(30-39(52-8-2)53-9-3)28-33-17-13-19-36-35(33)18-14-24-44-36/h1,10-24,37,39H,8-9,25-30H2,2-6H3,(H2,43,51)(H,45,49)/t37-/m0/s1. The van der Waals surface area contributed by atoms with Crippen LogP contribution in [0.15, 0.2) is 91.1 Å². The number of ether oxygens (including phenoxy) is 3. The number of benzene rings is 3. The number of nitrogens with two attached hydrogens (primary N) is 1. The fourth-order valence-corrected chi connectivity index (χ4v) is 5.96. The lowest BCUT2D eigenvalue weighted by molar-refractivity contribution is -0.161. The van der Waals surface area contributed by atoms with E-state index in [0.717, 1.165) is 27.6 Å². The van der Waals surface area contributed by atoms with E-state index in [1.54, 1.807) is 11.1 Å². The van der Waals surface area contributed by atoms with Gasteiger partial charge in [-0.25, -0.2) is 4.79 Å². The zero-order chi connectivity index (χ0) is 39.1. The van der Waals surface area contributed by atoms with Gasteiger partial charge in [0.15, 0.2) is 6.29 Å². The molecule has 0 bridgehead atoms. The lowest BCUT2D eigenvalue weighted by Gasteiger charge is -2.33. The lowest BCUT2D eigenvalue weighted by Crippen LogP contribution is -2.56. The Hall–Kier alpha value is -5.48. The molecule has 3 aromatic carbocycles. The molecule has 1 aromatic heterocycles. The van der Waals surface area contributed by atoms with Crippen LogP contribution in [0.2, 0.25) is 0 Å². The minimum atomic E-state index is -1.03. The Bertz CT molecular complexity index is 1850. The average molecular weight is 737 g/mol. The Kier molecular flexibility index (Phi) is 15.4. The van der Waals surface area contributed by atoms with Crippen LogP contribution in [0.5, 0.6) is 5.75 Å². The van der Waals surface area contributed by atoms with Gasteiger partial charge in [0, 0.05) is 37.8 Å². The van der Waals surface area contributed by atoms with Crippen molar-refractivity contribution in [1.82, 2.24) is 25.2 Å². The highest BCUT2D eigenvalue weighted by molar-refractivity contribution is 5.89. The van der Waals surface area contributed by atoms with E-state index in [4.69, 9.17) is 26.4 Å². The molecule has 0 radical (unpaired) electrons. The van der Waals surface area contributed by atoms with Gasteiger partial charge in [-0.2, -0.15) is 5.01 Å². The predicted molar refractivity (Wildman–Crippen MR) is 209 cm³/mol. The SMILES string of the molecule is C#CCN(CC(=O)N[C@@H](Cc1ccc(OC(C)(C)C)cc1)C(=O)N(Cc1cccc2ncccc12)CC(OCC)OCC)N(Cc1ccccc1)C(N)=O. The second-order valence-electron chi connectivity index (χ2n) is 13.6. The molecule has 0 aliphatic carbocycles. The summed E-state index contributed by atoms with van der Waals surface area (Å²) in [4.78, 5) is 47.6. The first-order valence-electron chi connectivity index (χ1n) is 18.1. The topological polar surface area (TPSA) is 140 Å². The Morgan fingerprint density at radius 1 is 0.889 bits per heavy atom. The van der Waals surface area contributed by atoms with Crippen molar-refractivity contribution in [3.05, 3.63) is 108 Å². The van der Waals surface area contributed by atoms with Gasteiger partial charge in [-0.3, -0.25) is 19.6 Å². The van der Waals surface area contributed by atoms with Gasteiger partial charge < -0.3 is 30.2 Å². The third-order valence-corrected chi connectivity index (χ3v) is 8.27. The van der Waals surface area contributed by atoms with E-state index in [1.807, 2.05) is 120 Å². The number of fused-ring (bicyclic) bond motifs is 1. The molecule has 54 heavy (non-hydrogen) atoms. The number of hydrazine groups is 1. The number of hydrogen-bond acceptors (Lipinski definition) is 8. The van der Waals surface area contributed by atoms with Gasteiger partial charge in [0.2, 0.25) is 11.8 Å². The van der Waals surface area contributed by atoms with Crippen LogP contribution < -0.4 is 15.8 Å². The van der Waals surface area contributed by atoms with E-state index in [1.165, 1.54) is 10.0 Å². The fraction of sp³-hybridized carbons (Fsp3) is 0.381. The molecule has 4 amide bonds.